The fraction of sp³-hybridized carbons (Fsp3) is 0.524. The Morgan fingerprint density at radius 1 is 1.29 bits per heavy atom. The Bertz CT molecular complexity index is 836. The van der Waals surface area contributed by atoms with Crippen LogP contribution in [0.4, 0.5) is 5.82 Å². The summed E-state index contributed by atoms with van der Waals surface area (Å²) in [6.45, 7) is 3.52. The van der Waals surface area contributed by atoms with Gasteiger partial charge in [0.1, 0.15) is 11.0 Å². The van der Waals surface area contributed by atoms with E-state index >= 15 is 0 Å². The molecule has 1 aliphatic heterocycles. The third-order valence-electron chi connectivity index (χ3n) is 6.10. The molecule has 6 nitrogen and oxygen atoms in total. The highest BCUT2D eigenvalue weighted by molar-refractivity contribution is 6.29. The fourth-order valence-electron chi connectivity index (χ4n) is 4.72. The molecular weight excluding hydrogens is 374 g/mol. The molecule has 2 aliphatic rings. The fourth-order valence-corrected chi connectivity index (χ4v) is 4.89. The van der Waals surface area contributed by atoms with E-state index in [2.05, 4.69) is 20.2 Å². The summed E-state index contributed by atoms with van der Waals surface area (Å²) in [5, 5.41) is 3.58. The Labute approximate surface area is 170 Å². The van der Waals surface area contributed by atoms with Gasteiger partial charge < -0.3 is 10.2 Å². The van der Waals surface area contributed by atoms with Gasteiger partial charge in [-0.05, 0) is 49.7 Å². The van der Waals surface area contributed by atoms with Crippen molar-refractivity contribution in [1.82, 2.24) is 20.3 Å². The van der Waals surface area contributed by atoms with E-state index in [1.807, 2.05) is 18.2 Å². The van der Waals surface area contributed by atoms with Crippen LogP contribution < -0.4 is 10.2 Å². The van der Waals surface area contributed by atoms with Crippen LogP contribution >= 0.6 is 11.6 Å². The van der Waals surface area contributed by atoms with Crippen LogP contribution in [0.2, 0.25) is 5.15 Å². The zero-order valence-electron chi connectivity index (χ0n) is 16.2. The first kappa shape index (κ1) is 19.1. The smallest absolute Gasteiger partial charge is 0.217 e. The van der Waals surface area contributed by atoms with Crippen LogP contribution in [0.15, 0.2) is 30.6 Å². The molecule has 3 heterocycles. The highest BCUT2D eigenvalue weighted by Crippen LogP contribution is 2.45. The summed E-state index contributed by atoms with van der Waals surface area (Å²) in [5.74, 6) is 1.57. The number of nitrogens with one attached hydrogen (secondary N) is 1. The number of hydrogen-bond acceptors (Lipinski definition) is 5. The molecule has 1 aliphatic carbocycles. The van der Waals surface area contributed by atoms with Crippen molar-refractivity contribution in [2.75, 3.05) is 18.0 Å². The van der Waals surface area contributed by atoms with Crippen LogP contribution in [0.25, 0.3) is 11.4 Å². The minimum absolute atomic E-state index is 0.0815. The lowest BCUT2D eigenvalue weighted by atomic mass is 9.66. The SMILES string of the molecule is CC(=O)NC1CCCC2(CCN(c3cc(Cl)nc(-c4cccnc4)n3)CC2)C1. The number of aromatic nitrogens is 3. The number of hydrogen-bond donors (Lipinski definition) is 1. The first-order chi connectivity index (χ1) is 13.5. The van der Waals surface area contributed by atoms with Crippen molar-refractivity contribution >= 4 is 23.3 Å². The second-order valence-electron chi connectivity index (χ2n) is 8.10. The highest BCUT2D eigenvalue weighted by Gasteiger charge is 2.39. The third-order valence-corrected chi connectivity index (χ3v) is 6.29. The molecule has 0 bridgehead atoms. The summed E-state index contributed by atoms with van der Waals surface area (Å²) in [6.07, 6.45) is 10.4. The topological polar surface area (TPSA) is 71.0 Å². The van der Waals surface area contributed by atoms with Crippen molar-refractivity contribution in [3.8, 4) is 11.4 Å². The number of halogens is 1. The van der Waals surface area contributed by atoms with Crippen molar-refractivity contribution in [1.29, 1.82) is 0 Å². The molecule has 2 aromatic rings. The second-order valence-corrected chi connectivity index (χ2v) is 8.48. The molecule has 1 unspecified atom stereocenters. The second kappa shape index (κ2) is 8.03. The lowest BCUT2D eigenvalue weighted by Crippen LogP contribution is -2.47. The highest BCUT2D eigenvalue weighted by atomic mass is 35.5. The van der Waals surface area contributed by atoms with Gasteiger partial charge in [0.2, 0.25) is 5.91 Å². The number of piperidine rings is 1. The Kier molecular flexibility index (Phi) is 5.49. The van der Waals surface area contributed by atoms with Gasteiger partial charge in [-0.25, -0.2) is 9.97 Å². The molecule has 1 atom stereocenters. The first-order valence-electron chi connectivity index (χ1n) is 10.0. The van der Waals surface area contributed by atoms with Crippen molar-refractivity contribution in [3.63, 3.8) is 0 Å². The molecule has 2 aromatic heterocycles. The van der Waals surface area contributed by atoms with Crippen LogP contribution in [0.5, 0.6) is 0 Å². The van der Waals surface area contributed by atoms with Crippen molar-refractivity contribution in [2.45, 2.75) is 51.5 Å². The van der Waals surface area contributed by atoms with Crippen molar-refractivity contribution in [3.05, 3.63) is 35.7 Å². The summed E-state index contributed by atoms with van der Waals surface area (Å²) in [4.78, 5) is 27.0. The Morgan fingerprint density at radius 2 is 2.11 bits per heavy atom. The van der Waals surface area contributed by atoms with Crippen LogP contribution in [0.1, 0.15) is 45.4 Å². The van der Waals surface area contributed by atoms with Gasteiger partial charge >= 0.3 is 0 Å². The summed E-state index contributed by atoms with van der Waals surface area (Å²) >= 11 is 6.29. The van der Waals surface area contributed by atoms with Gasteiger partial charge in [0.15, 0.2) is 5.82 Å². The van der Waals surface area contributed by atoms with Gasteiger partial charge in [-0.15, -0.1) is 0 Å². The predicted octanol–water partition coefficient (Wildman–Crippen LogP) is 3.86. The molecule has 1 amide bonds. The van der Waals surface area contributed by atoms with Crippen molar-refractivity contribution < 1.29 is 4.79 Å². The minimum atomic E-state index is 0.0815. The largest absolute Gasteiger partial charge is 0.356 e. The van der Waals surface area contributed by atoms with Crippen LogP contribution in [-0.2, 0) is 4.79 Å². The molecule has 1 saturated carbocycles. The lowest BCUT2D eigenvalue weighted by molar-refractivity contribution is -0.120. The van der Waals surface area contributed by atoms with Crippen LogP contribution in [0, 0.1) is 5.41 Å². The minimum Gasteiger partial charge on any atom is -0.356 e. The van der Waals surface area contributed by atoms with Crippen LogP contribution in [-0.4, -0.2) is 40.0 Å². The Balaban J connectivity index is 1.47. The van der Waals surface area contributed by atoms with E-state index in [1.165, 1.54) is 12.8 Å². The van der Waals surface area contributed by atoms with Gasteiger partial charge in [-0.3, -0.25) is 9.78 Å². The number of amides is 1. The summed E-state index contributed by atoms with van der Waals surface area (Å²) in [7, 11) is 0. The molecule has 0 aromatic carbocycles. The summed E-state index contributed by atoms with van der Waals surface area (Å²) < 4.78 is 0. The quantitative estimate of drug-likeness (QED) is 0.793. The van der Waals surface area contributed by atoms with E-state index in [-0.39, 0.29) is 5.91 Å². The van der Waals surface area contributed by atoms with Gasteiger partial charge in [-0.1, -0.05) is 18.0 Å². The average molecular weight is 400 g/mol. The Morgan fingerprint density at radius 3 is 2.82 bits per heavy atom. The molecule has 1 N–H and O–H groups in total. The standard InChI is InChI=1S/C21H26ClN5O/c1-15(28)24-17-5-2-6-21(13-17)7-10-27(11-8-21)19-12-18(22)25-20(26-19)16-4-3-9-23-14-16/h3-4,9,12,14,17H,2,5-8,10-11,13H2,1H3,(H,24,28). The van der Waals surface area contributed by atoms with Gasteiger partial charge in [-0.2, -0.15) is 0 Å². The third kappa shape index (κ3) is 4.27. The maximum atomic E-state index is 11.5. The van der Waals surface area contributed by atoms with Gasteiger partial charge in [0.05, 0.1) is 0 Å². The number of pyridine rings is 1. The molecule has 28 heavy (non-hydrogen) atoms. The lowest BCUT2D eigenvalue weighted by Gasteiger charge is -2.47. The summed E-state index contributed by atoms with van der Waals surface area (Å²) in [6, 6.07) is 5.99. The molecule has 7 heteroatoms. The van der Waals surface area contributed by atoms with E-state index in [0.717, 1.165) is 50.2 Å². The number of nitrogens with zero attached hydrogens (tertiary/aromatic N) is 4. The van der Waals surface area contributed by atoms with E-state index in [0.29, 0.717) is 22.4 Å². The maximum Gasteiger partial charge on any atom is 0.217 e. The van der Waals surface area contributed by atoms with Gasteiger partial charge in [0.25, 0.3) is 0 Å². The molecule has 1 saturated heterocycles. The van der Waals surface area contributed by atoms with E-state index in [1.54, 1.807) is 19.3 Å². The molecule has 4 rings (SSSR count). The zero-order valence-corrected chi connectivity index (χ0v) is 17.0. The molecule has 148 valence electrons. The molecule has 1 spiro atoms. The number of carbonyl (C=O) groups is 1. The molecule has 2 fully saturated rings. The van der Waals surface area contributed by atoms with E-state index in [9.17, 15) is 4.79 Å². The first-order valence-corrected chi connectivity index (χ1v) is 10.4. The summed E-state index contributed by atoms with van der Waals surface area (Å²) in [5.41, 5.74) is 1.20. The van der Waals surface area contributed by atoms with Crippen LogP contribution in [0.3, 0.4) is 0 Å². The van der Waals surface area contributed by atoms with E-state index < -0.39 is 0 Å². The van der Waals surface area contributed by atoms with E-state index in [4.69, 9.17) is 16.6 Å². The molecular formula is C21H26ClN5O. The number of rotatable bonds is 3. The predicted molar refractivity (Wildman–Crippen MR) is 110 cm³/mol. The number of anilines is 1. The average Bonchev–Trinajstić information content (AvgIpc) is 2.68. The maximum absolute atomic E-state index is 11.5. The van der Waals surface area contributed by atoms with Gasteiger partial charge in [0, 0.05) is 50.1 Å². The normalized spacial score (nSPS) is 21.5. The molecule has 0 radical (unpaired) electrons. The zero-order chi connectivity index (χ0) is 19.6. The monoisotopic (exact) mass is 399 g/mol. The van der Waals surface area contributed by atoms with Crippen molar-refractivity contribution in [2.24, 2.45) is 5.41 Å². The Hall–Kier alpha value is -2.21. The number of carbonyl (C=O) groups excluding carboxylic acids is 1.